The summed E-state index contributed by atoms with van der Waals surface area (Å²) in [6.07, 6.45) is 0. The van der Waals surface area contributed by atoms with Gasteiger partial charge in [0.15, 0.2) is 12.4 Å². The summed E-state index contributed by atoms with van der Waals surface area (Å²) in [4.78, 5) is 11.8. The van der Waals surface area contributed by atoms with Crippen molar-refractivity contribution in [2.75, 3.05) is 6.61 Å². The summed E-state index contributed by atoms with van der Waals surface area (Å²) in [7, 11) is 0. The van der Waals surface area contributed by atoms with E-state index in [2.05, 4.69) is 10.5 Å². The first-order chi connectivity index (χ1) is 11.3. The van der Waals surface area contributed by atoms with Gasteiger partial charge in [-0.2, -0.15) is 0 Å². The van der Waals surface area contributed by atoms with Crippen LogP contribution in [-0.4, -0.2) is 17.7 Å². The molecule has 0 unspecified atom stereocenters. The zero-order valence-electron chi connectivity index (χ0n) is 12.4. The second kappa shape index (κ2) is 7.26. The van der Waals surface area contributed by atoms with E-state index in [9.17, 15) is 4.79 Å². The maximum Gasteiger partial charge on any atom is 0.258 e. The van der Waals surface area contributed by atoms with Gasteiger partial charge in [0.05, 0.1) is 6.54 Å². The van der Waals surface area contributed by atoms with Crippen LogP contribution in [0, 0.1) is 0 Å². The van der Waals surface area contributed by atoms with Crippen molar-refractivity contribution in [2.45, 2.75) is 6.54 Å². The summed E-state index contributed by atoms with van der Waals surface area (Å²) in [6, 6.07) is 20.7. The number of ether oxygens (including phenoxy) is 1. The zero-order chi connectivity index (χ0) is 15.9. The average Bonchev–Trinajstić information content (AvgIpc) is 3.09. The molecule has 0 aliphatic carbocycles. The van der Waals surface area contributed by atoms with Crippen LogP contribution < -0.4 is 10.1 Å². The van der Waals surface area contributed by atoms with E-state index in [0.29, 0.717) is 23.7 Å². The van der Waals surface area contributed by atoms with Crippen LogP contribution in [0.2, 0.25) is 0 Å². The molecule has 3 aromatic rings. The van der Waals surface area contributed by atoms with E-state index in [1.165, 1.54) is 0 Å². The maximum absolute atomic E-state index is 11.8. The Hall–Kier alpha value is -3.08. The lowest BCUT2D eigenvalue weighted by molar-refractivity contribution is -0.123. The molecule has 2 aromatic carbocycles. The number of hydrogen-bond acceptors (Lipinski definition) is 4. The molecule has 0 aliphatic heterocycles. The summed E-state index contributed by atoms with van der Waals surface area (Å²) in [5.74, 6) is 1.13. The van der Waals surface area contributed by atoms with Crippen LogP contribution in [0.25, 0.3) is 11.3 Å². The predicted molar refractivity (Wildman–Crippen MR) is 85.7 cm³/mol. The van der Waals surface area contributed by atoms with E-state index in [-0.39, 0.29) is 12.5 Å². The van der Waals surface area contributed by atoms with Crippen LogP contribution in [0.3, 0.4) is 0 Å². The Morgan fingerprint density at radius 3 is 2.48 bits per heavy atom. The molecule has 0 radical (unpaired) electrons. The zero-order valence-corrected chi connectivity index (χ0v) is 12.4. The van der Waals surface area contributed by atoms with E-state index in [1.54, 1.807) is 12.1 Å². The minimum absolute atomic E-state index is 0.0343. The first-order valence-corrected chi connectivity index (χ1v) is 7.27. The number of rotatable bonds is 6. The highest BCUT2D eigenvalue weighted by atomic mass is 16.5. The molecule has 0 saturated heterocycles. The molecule has 1 heterocycles. The lowest BCUT2D eigenvalue weighted by Crippen LogP contribution is -2.28. The quantitative estimate of drug-likeness (QED) is 0.760. The standard InChI is InChI=1S/C18H16N2O3/c21-18(13-22-16-9-5-2-6-10-16)19-12-15-11-17(23-20-15)14-7-3-1-4-8-14/h1-11H,12-13H2,(H,19,21). The topological polar surface area (TPSA) is 64.4 Å². The summed E-state index contributed by atoms with van der Waals surface area (Å²) in [6.45, 7) is 0.265. The molecule has 0 fully saturated rings. The van der Waals surface area contributed by atoms with Gasteiger partial charge in [-0.05, 0) is 12.1 Å². The molecule has 23 heavy (non-hydrogen) atoms. The van der Waals surface area contributed by atoms with Gasteiger partial charge in [0.1, 0.15) is 11.4 Å². The molecule has 0 atom stereocenters. The van der Waals surface area contributed by atoms with Gasteiger partial charge in [0.25, 0.3) is 5.91 Å². The Kier molecular flexibility index (Phi) is 4.69. The Bertz CT molecular complexity index is 754. The monoisotopic (exact) mass is 308 g/mol. The molecule has 0 spiro atoms. The number of carbonyl (C=O) groups excluding carboxylic acids is 1. The Morgan fingerprint density at radius 2 is 1.74 bits per heavy atom. The van der Waals surface area contributed by atoms with E-state index >= 15 is 0 Å². The van der Waals surface area contributed by atoms with E-state index in [0.717, 1.165) is 5.56 Å². The average molecular weight is 308 g/mol. The molecular formula is C18H16N2O3. The van der Waals surface area contributed by atoms with E-state index < -0.39 is 0 Å². The molecule has 5 nitrogen and oxygen atoms in total. The number of aromatic nitrogens is 1. The molecular weight excluding hydrogens is 292 g/mol. The maximum atomic E-state index is 11.8. The highest BCUT2D eigenvalue weighted by molar-refractivity contribution is 5.77. The number of amides is 1. The van der Waals surface area contributed by atoms with Crippen LogP contribution in [0.4, 0.5) is 0 Å². The Balaban J connectivity index is 1.49. The fourth-order valence-electron chi connectivity index (χ4n) is 2.04. The van der Waals surface area contributed by atoms with Crippen LogP contribution >= 0.6 is 0 Å². The van der Waals surface area contributed by atoms with Gasteiger partial charge in [0, 0.05) is 11.6 Å². The summed E-state index contributed by atoms with van der Waals surface area (Å²) >= 11 is 0. The van der Waals surface area contributed by atoms with Crippen molar-refractivity contribution in [3.05, 3.63) is 72.4 Å². The third-order valence-electron chi connectivity index (χ3n) is 3.20. The van der Waals surface area contributed by atoms with Crippen molar-refractivity contribution in [1.29, 1.82) is 0 Å². The summed E-state index contributed by atoms with van der Waals surface area (Å²) in [5.41, 5.74) is 1.61. The minimum atomic E-state index is -0.210. The van der Waals surface area contributed by atoms with Crippen molar-refractivity contribution < 1.29 is 14.1 Å². The lowest BCUT2D eigenvalue weighted by Gasteiger charge is -2.05. The first-order valence-electron chi connectivity index (χ1n) is 7.27. The molecule has 0 aliphatic rings. The molecule has 5 heteroatoms. The van der Waals surface area contributed by atoms with E-state index in [1.807, 2.05) is 54.6 Å². The van der Waals surface area contributed by atoms with Crippen LogP contribution in [-0.2, 0) is 11.3 Å². The summed E-state index contributed by atoms with van der Waals surface area (Å²) in [5, 5.41) is 6.70. The second-order valence-corrected chi connectivity index (χ2v) is 4.93. The highest BCUT2D eigenvalue weighted by Gasteiger charge is 2.08. The fraction of sp³-hybridized carbons (Fsp3) is 0.111. The van der Waals surface area contributed by atoms with Gasteiger partial charge in [-0.1, -0.05) is 53.7 Å². The normalized spacial score (nSPS) is 10.3. The fourth-order valence-corrected chi connectivity index (χ4v) is 2.04. The van der Waals surface area contributed by atoms with Crippen LogP contribution in [0.5, 0.6) is 5.75 Å². The van der Waals surface area contributed by atoms with Crippen LogP contribution in [0.1, 0.15) is 5.69 Å². The van der Waals surface area contributed by atoms with Gasteiger partial charge in [0.2, 0.25) is 0 Å². The molecule has 1 N–H and O–H groups in total. The number of nitrogens with zero attached hydrogens (tertiary/aromatic N) is 1. The number of hydrogen-bond donors (Lipinski definition) is 1. The van der Waals surface area contributed by atoms with Crippen molar-refractivity contribution >= 4 is 5.91 Å². The second-order valence-electron chi connectivity index (χ2n) is 4.93. The van der Waals surface area contributed by atoms with Crippen molar-refractivity contribution in [1.82, 2.24) is 10.5 Å². The lowest BCUT2D eigenvalue weighted by atomic mass is 10.2. The largest absolute Gasteiger partial charge is 0.484 e. The number of nitrogens with one attached hydrogen (secondary N) is 1. The van der Waals surface area contributed by atoms with Gasteiger partial charge in [-0.25, -0.2) is 0 Å². The molecule has 0 bridgehead atoms. The first kappa shape index (κ1) is 14.8. The van der Waals surface area contributed by atoms with Crippen molar-refractivity contribution in [3.63, 3.8) is 0 Å². The highest BCUT2D eigenvalue weighted by Crippen LogP contribution is 2.19. The Morgan fingerprint density at radius 1 is 1.04 bits per heavy atom. The van der Waals surface area contributed by atoms with Gasteiger partial charge < -0.3 is 14.6 Å². The van der Waals surface area contributed by atoms with Gasteiger partial charge in [-0.15, -0.1) is 0 Å². The molecule has 116 valence electrons. The SMILES string of the molecule is O=C(COc1ccccc1)NCc1cc(-c2ccccc2)on1. The summed E-state index contributed by atoms with van der Waals surface area (Å²) < 4.78 is 10.7. The minimum Gasteiger partial charge on any atom is -0.484 e. The van der Waals surface area contributed by atoms with Gasteiger partial charge >= 0.3 is 0 Å². The predicted octanol–water partition coefficient (Wildman–Crippen LogP) is 3.04. The molecule has 0 saturated carbocycles. The number of carbonyl (C=O) groups is 1. The van der Waals surface area contributed by atoms with Gasteiger partial charge in [-0.3, -0.25) is 4.79 Å². The van der Waals surface area contributed by atoms with Crippen LogP contribution in [0.15, 0.2) is 71.3 Å². The molecule has 1 aromatic heterocycles. The third kappa shape index (κ3) is 4.20. The van der Waals surface area contributed by atoms with Crippen molar-refractivity contribution in [3.8, 4) is 17.1 Å². The molecule has 3 rings (SSSR count). The smallest absolute Gasteiger partial charge is 0.258 e. The Labute approximate surface area is 133 Å². The number of benzene rings is 2. The third-order valence-corrected chi connectivity index (χ3v) is 3.20. The van der Waals surface area contributed by atoms with Crippen molar-refractivity contribution in [2.24, 2.45) is 0 Å². The molecule has 1 amide bonds. The number of para-hydroxylation sites is 1. The van der Waals surface area contributed by atoms with E-state index in [4.69, 9.17) is 9.26 Å².